The highest BCUT2D eigenvalue weighted by atomic mass is 16.5. The summed E-state index contributed by atoms with van der Waals surface area (Å²) in [5.74, 6) is -0.216. The number of allylic oxidation sites excluding steroid dienone is 2. The van der Waals surface area contributed by atoms with Crippen LogP contribution in [0.1, 0.15) is 41.3 Å². The molecule has 1 heterocycles. The minimum atomic E-state index is -0.648. The normalized spacial score (nSPS) is 17.3. The summed E-state index contributed by atoms with van der Waals surface area (Å²) in [6.45, 7) is 3.81. The van der Waals surface area contributed by atoms with Crippen molar-refractivity contribution in [3.05, 3.63) is 76.0 Å². The average Bonchev–Trinajstić information content (AvgIpc) is 3.04. The number of carbonyl (C=O) groups excluding carboxylic acids is 2. The minimum Gasteiger partial charge on any atom is -0.493 e. The van der Waals surface area contributed by atoms with Gasteiger partial charge in [-0.15, -0.1) is 0 Å². The van der Waals surface area contributed by atoms with Crippen molar-refractivity contribution in [2.45, 2.75) is 19.8 Å². The molecule has 154 valence electrons. The van der Waals surface area contributed by atoms with E-state index in [1.54, 1.807) is 33.3 Å². The van der Waals surface area contributed by atoms with Gasteiger partial charge < -0.3 is 19.5 Å². The van der Waals surface area contributed by atoms with Gasteiger partial charge in [0, 0.05) is 28.0 Å². The van der Waals surface area contributed by atoms with Crippen molar-refractivity contribution < 1.29 is 23.8 Å². The van der Waals surface area contributed by atoms with E-state index in [-0.39, 0.29) is 12.4 Å². The Hall–Kier alpha value is -3.54. The Bertz CT molecular complexity index is 1110. The molecular weight excluding hydrogens is 382 g/mol. The topological polar surface area (TPSA) is 73.9 Å². The van der Waals surface area contributed by atoms with Gasteiger partial charge in [-0.1, -0.05) is 36.4 Å². The molecule has 0 fully saturated rings. The van der Waals surface area contributed by atoms with E-state index in [2.05, 4.69) is 5.32 Å². The lowest BCUT2D eigenvalue weighted by Gasteiger charge is -2.30. The highest BCUT2D eigenvalue weighted by Gasteiger charge is 2.44. The van der Waals surface area contributed by atoms with Gasteiger partial charge in [-0.2, -0.15) is 0 Å². The Morgan fingerprint density at radius 3 is 2.43 bits per heavy atom. The zero-order chi connectivity index (χ0) is 21.4. The standard InChI is InChI=1S/C24H23NO5/c1-5-30-24(27)18-13(2)25-21-14-9-6-7-10-15(14)22(26)20(21)19(18)16-11-8-12-17(28-3)23(16)29-4/h6-12,19,25H,5H2,1-4H3. The Morgan fingerprint density at radius 2 is 1.77 bits per heavy atom. The largest absolute Gasteiger partial charge is 0.493 e. The van der Waals surface area contributed by atoms with E-state index in [1.807, 2.05) is 37.3 Å². The second-order valence-electron chi connectivity index (χ2n) is 7.06. The van der Waals surface area contributed by atoms with Crippen LogP contribution in [0.25, 0.3) is 5.70 Å². The third-order valence-electron chi connectivity index (χ3n) is 5.49. The average molecular weight is 405 g/mol. The van der Waals surface area contributed by atoms with Crippen molar-refractivity contribution in [3.63, 3.8) is 0 Å². The number of rotatable bonds is 5. The van der Waals surface area contributed by atoms with Crippen LogP contribution < -0.4 is 14.8 Å². The van der Waals surface area contributed by atoms with E-state index in [0.717, 1.165) is 11.3 Å². The molecule has 30 heavy (non-hydrogen) atoms. The number of carbonyl (C=O) groups is 2. The van der Waals surface area contributed by atoms with Crippen LogP contribution in [0.5, 0.6) is 11.5 Å². The maximum atomic E-state index is 13.5. The number of Topliss-reactive ketones (excluding diaryl/α,β-unsaturated/α-hetero) is 1. The van der Waals surface area contributed by atoms with Gasteiger partial charge in [0.1, 0.15) is 0 Å². The quantitative estimate of drug-likeness (QED) is 0.762. The molecular formula is C24H23NO5. The van der Waals surface area contributed by atoms with Crippen molar-refractivity contribution in [2.75, 3.05) is 20.8 Å². The van der Waals surface area contributed by atoms with Gasteiger partial charge in [-0.3, -0.25) is 4.79 Å². The molecule has 0 aromatic heterocycles. The van der Waals surface area contributed by atoms with Crippen LogP contribution in [0.2, 0.25) is 0 Å². The first-order chi connectivity index (χ1) is 14.5. The van der Waals surface area contributed by atoms with Gasteiger partial charge in [0.25, 0.3) is 0 Å². The fourth-order valence-corrected chi connectivity index (χ4v) is 4.26. The van der Waals surface area contributed by atoms with E-state index < -0.39 is 11.9 Å². The van der Waals surface area contributed by atoms with Crippen LogP contribution in [0.15, 0.2) is 59.3 Å². The lowest BCUT2D eigenvalue weighted by molar-refractivity contribution is -0.138. The van der Waals surface area contributed by atoms with Crippen LogP contribution in [-0.2, 0) is 9.53 Å². The van der Waals surface area contributed by atoms with Gasteiger partial charge >= 0.3 is 5.97 Å². The molecule has 0 bridgehead atoms. The number of ketones is 1. The number of hydrogen-bond donors (Lipinski definition) is 1. The maximum Gasteiger partial charge on any atom is 0.336 e. The second kappa shape index (κ2) is 7.71. The first-order valence-corrected chi connectivity index (χ1v) is 9.77. The number of esters is 1. The summed E-state index contributed by atoms with van der Waals surface area (Å²) in [5.41, 5.74) is 4.38. The highest BCUT2D eigenvalue weighted by molar-refractivity contribution is 6.23. The van der Waals surface area contributed by atoms with Crippen LogP contribution in [-0.4, -0.2) is 32.6 Å². The summed E-state index contributed by atoms with van der Waals surface area (Å²) in [6, 6.07) is 12.9. The lowest BCUT2D eigenvalue weighted by atomic mass is 9.79. The van der Waals surface area contributed by atoms with E-state index in [0.29, 0.717) is 39.5 Å². The second-order valence-corrected chi connectivity index (χ2v) is 7.06. The summed E-state index contributed by atoms with van der Waals surface area (Å²) >= 11 is 0. The molecule has 1 aliphatic heterocycles. The van der Waals surface area contributed by atoms with Gasteiger partial charge in [-0.05, 0) is 19.9 Å². The Morgan fingerprint density at radius 1 is 1.03 bits per heavy atom. The monoisotopic (exact) mass is 405 g/mol. The molecule has 1 aliphatic carbocycles. The summed E-state index contributed by atoms with van der Waals surface area (Å²) in [4.78, 5) is 26.4. The smallest absolute Gasteiger partial charge is 0.336 e. The molecule has 0 saturated heterocycles. The number of nitrogens with one attached hydrogen (secondary N) is 1. The summed E-state index contributed by atoms with van der Waals surface area (Å²) < 4.78 is 16.5. The molecule has 0 spiro atoms. The molecule has 6 nitrogen and oxygen atoms in total. The first kappa shape index (κ1) is 19.8. The number of dihydropyridines is 1. The maximum absolute atomic E-state index is 13.5. The van der Waals surface area contributed by atoms with E-state index in [1.165, 1.54) is 0 Å². The molecule has 2 aromatic rings. The summed E-state index contributed by atoms with van der Waals surface area (Å²) in [6.07, 6.45) is 0. The van der Waals surface area contributed by atoms with Gasteiger partial charge in [0.15, 0.2) is 17.3 Å². The number of para-hydroxylation sites is 1. The molecule has 0 amide bonds. The van der Waals surface area contributed by atoms with Gasteiger partial charge in [0.2, 0.25) is 0 Å². The summed E-state index contributed by atoms with van der Waals surface area (Å²) in [7, 11) is 3.10. The number of methoxy groups -OCH3 is 2. The Kier molecular flexibility index (Phi) is 5.08. The molecule has 1 unspecified atom stereocenters. The molecule has 2 aromatic carbocycles. The fourth-order valence-electron chi connectivity index (χ4n) is 4.26. The van der Waals surface area contributed by atoms with Gasteiger partial charge in [0.05, 0.1) is 38.0 Å². The SMILES string of the molecule is CCOC(=O)C1=C(C)NC2=C(C(=O)c3ccccc32)C1c1cccc(OC)c1OC. The number of hydrogen-bond acceptors (Lipinski definition) is 6. The zero-order valence-corrected chi connectivity index (χ0v) is 17.4. The highest BCUT2D eigenvalue weighted by Crippen LogP contribution is 2.50. The molecule has 0 saturated carbocycles. The van der Waals surface area contributed by atoms with Crippen LogP contribution >= 0.6 is 0 Å². The van der Waals surface area contributed by atoms with Crippen molar-refractivity contribution >= 4 is 17.4 Å². The van der Waals surface area contributed by atoms with Crippen molar-refractivity contribution in [1.29, 1.82) is 0 Å². The molecule has 4 rings (SSSR count). The van der Waals surface area contributed by atoms with Crippen molar-refractivity contribution in [3.8, 4) is 11.5 Å². The Labute approximate surface area is 175 Å². The van der Waals surface area contributed by atoms with Crippen LogP contribution in [0, 0.1) is 0 Å². The number of benzene rings is 2. The first-order valence-electron chi connectivity index (χ1n) is 9.77. The van der Waals surface area contributed by atoms with Crippen LogP contribution in [0.4, 0.5) is 0 Å². The molecule has 2 aliphatic rings. The number of fused-ring (bicyclic) bond motifs is 2. The molecule has 1 N–H and O–H groups in total. The van der Waals surface area contributed by atoms with Crippen LogP contribution in [0.3, 0.4) is 0 Å². The molecule has 0 radical (unpaired) electrons. The lowest BCUT2D eigenvalue weighted by Crippen LogP contribution is -2.29. The number of ether oxygens (including phenoxy) is 3. The Balaban J connectivity index is 1.99. The summed E-state index contributed by atoms with van der Waals surface area (Å²) in [5, 5.41) is 3.29. The predicted molar refractivity (Wildman–Crippen MR) is 112 cm³/mol. The minimum absolute atomic E-state index is 0.114. The zero-order valence-electron chi connectivity index (χ0n) is 17.4. The van der Waals surface area contributed by atoms with E-state index in [4.69, 9.17) is 14.2 Å². The fraction of sp³-hybridized carbons (Fsp3) is 0.250. The molecule has 6 heteroatoms. The van der Waals surface area contributed by atoms with Gasteiger partial charge in [-0.25, -0.2) is 4.79 Å². The molecule has 1 atom stereocenters. The van der Waals surface area contributed by atoms with Crippen molar-refractivity contribution in [2.24, 2.45) is 0 Å². The van der Waals surface area contributed by atoms with E-state index >= 15 is 0 Å². The van der Waals surface area contributed by atoms with E-state index in [9.17, 15) is 9.59 Å². The third-order valence-corrected chi connectivity index (χ3v) is 5.49. The third kappa shape index (κ3) is 2.87. The predicted octanol–water partition coefficient (Wildman–Crippen LogP) is 3.84. The van der Waals surface area contributed by atoms with Crippen molar-refractivity contribution in [1.82, 2.24) is 5.32 Å².